The number of hydrogen-bond donors (Lipinski definition) is 1. The van der Waals surface area contributed by atoms with Crippen molar-refractivity contribution in [1.82, 2.24) is 9.97 Å². The predicted octanol–water partition coefficient (Wildman–Crippen LogP) is 6.75. The number of nitrogens with one attached hydrogen (secondary N) is 1. The maximum absolute atomic E-state index is 4.43. The zero-order valence-electron chi connectivity index (χ0n) is 13.9. The van der Waals surface area contributed by atoms with E-state index in [1.165, 1.54) is 42.1 Å². The summed E-state index contributed by atoms with van der Waals surface area (Å²) in [6.07, 6.45) is 1.83. The van der Waals surface area contributed by atoms with Gasteiger partial charge in [-0.1, -0.05) is 42.5 Å². The molecule has 6 aromatic rings. The molecule has 0 spiro atoms. The molecule has 0 fully saturated rings. The lowest BCUT2D eigenvalue weighted by Crippen LogP contribution is -1.78. The number of fused-ring (bicyclic) bond motifs is 6. The average Bonchev–Trinajstić information content (AvgIpc) is 3.24. The van der Waals surface area contributed by atoms with Gasteiger partial charge in [0, 0.05) is 42.7 Å². The largest absolute Gasteiger partial charge is 0.339 e. The number of pyridine rings is 1. The monoisotopic (exact) mass is 350 g/mol. The Balaban J connectivity index is 1.57. The van der Waals surface area contributed by atoms with Crippen molar-refractivity contribution < 1.29 is 0 Å². The van der Waals surface area contributed by atoms with E-state index < -0.39 is 0 Å². The molecule has 3 aromatic carbocycles. The van der Waals surface area contributed by atoms with E-state index in [1.807, 2.05) is 23.6 Å². The molecule has 0 saturated heterocycles. The summed E-state index contributed by atoms with van der Waals surface area (Å²) in [6.45, 7) is 0. The number of H-pyrrole nitrogens is 1. The fourth-order valence-corrected chi connectivity index (χ4v) is 4.96. The number of hydrogen-bond acceptors (Lipinski definition) is 2. The molecule has 0 radical (unpaired) electrons. The molecule has 0 amide bonds. The standard InChI is InChI=1S/C23H14N2S/c1-2-6-21-17(4-1)18-10-8-15(13-22(18)26-21)14-7-9-16-19-5-3-11-24-23(19)25-20(16)12-14/h1-13H,(H,24,25). The third kappa shape index (κ3) is 1.95. The summed E-state index contributed by atoms with van der Waals surface area (Å²) in [5.74, 6) is 0. The summed E-state index contributed by atoms with van der Waals surface area (Å²) in [6, 6.07) is 26.1. The van der Waals surface area contributed by atoms with Crippen molar-refractivity contribution in [3.8, 4) is 11.1 Å². The number of nitrogens with zero attached hydrogens (tertiary/aromatic N) is 1. The molecule has 0 unspecified atom stereocenters. The Bertz CT molecular complexity index is 1330. The Labute approximate surface area is 153 Å². The fourth-order valence-electron chi connectivity index (χ4n) is 3.82. The molecule has 1 N–H and O–H groups in total. The van der Waals surface area contributed by atoms with Crippen LogP contribution in [0.15, 0.2) is 79.0 Å². The van der Waals surface area contributed by atoms with Crippen LogP contribution in [0.1, 0.15) is 0 Å². The quantitative estimate of drug-likeness (QED) is 0.349. The molecule has 26 heavy (non-hydrogen) atoms. The van der Waals surface area contributed by atoms with E-state index in [4.69, 9.17) is 0 Å². The van der Waals surface area contributed by atoms with Gasteiger partial charge in [0.15, 0.2) is 0 Å². The van der Waals surface area contributed by atoms with E-state index in [2.05, 4.69) is 76.7 Å². The molecule has 0 saturated carbocycles. The normalized spacial score (nSPS) is 11.8. The van der Waals surface area contributed by atoms with Crippen LogP contribution in [0.25, 0.3) is 53.2 Å². The minimum atomic E-state index is 0.944. The van der Waals surface area contributed by atoms with Gasteiger partial charge in [0.05, 0.1) is 0 Å². The molecular formula is C23H14N2S. The SMILES string of the molecule is c1ccc2c(c1)sc1cc(-c3ccc4c(c3)[nH]c3ncccc34)ccc12. The number of thiophene rings is 1. The van der Waals surface area contributed by atoms with Crippen molar-refractivity contribution in [3.63, 3.8) is 0 Å². The first-order chi connectivity index (χ1) is 12.9. The molecule has 3 heteroatoms. The molecule has 0 aliphatic rings. The number of aromatic amines is 1. The van der Waals surface area contributed by atoms with Crippen LogP contribution in [0, 0.1) is 0 Å². The molecule has 0 atom stereocenters. The van der Waals surface area contributed by atoms with Crippen LogP contribution in [-0.4, -0.2) is 9.97 Å². The number of benzene rings is 3. The Kier molecular flexibility index (Phi) is 2.79. The first-order valence-electron chi connectivity index (χ1n) is 8.65. The molecule has 2 nitrogen and oxygen atoms in total. The van der Waals surface area contributed by atoms with Crippen LogP contribution < -0.4 is 0 Å². The average molecular weight is 350 g/mol. The molecule has 0 aliphatic heterocycles. The van der Waals surface area contributed by atoms with Crippen molar-refractivity contribution in [2.24, 2.45) is 0 Å². The Morgan fingerprint density at radius 1 is 0.654 bits per heavy atom. The zero-order valence-corrected chi connectivity index (χ0v) is 14.7. The van der Waals surface area contributed by atoms with Gasteiger partial charge in [-0.2, -0.15) is 0 Å². The summed E-state index contributed by atoms with van der Waals surface area (Å²) in [5, 5.41) is 5.08. The second-order valence-corrected chi connectivity index (χ2v) is 7.68. The summed E-state index contributed by atoms with van der Waals surface area (Å²) < 4.78 is 2.68. The topological polar surface area (TPSA) is 28.7 Å². The summed E-state index contributed by atoms with van der Waals surface area (Å²) in [5.41, 5.74) is 4.55. The second kappa shape index (κ2) is 5.16. The van der Waals surface area contributed by atoms with Gasteiger partial charge in [0.2, 0.25) is 0 Å². The second-order valence-electron chi connectivity index (χ2n) is 6.59. The Morgan fingerprint density at radius 2 is 1.42 bits per heavy atom. The molecule has 0 aliphatic carbocycles. The fraction of sp³-hybridized carbons (Fsp3) is 0. The van der Waals surface area contributed by atoms with E-state index in [0.29, 0.717) is 0 Å². The van der Waals surface area contributed by atoms with Crippen molar-refractivity contribution in [2.45, 2.75) is 0 Å². The first kappa shape index (κ1) is 14.0. The van der Waals surface area contributed by atoms with Gasteiger partial charge in [0.25, 0.3) is 0 Å². The minimum Gasteiger partial charge on any atom is -0.339 e. The van der Waals surface area contributed by atoms with E-state index in [-0.39, 0.29) is 0 Å². The Morgan fingerprint density at radius 3 is 2.38 bits per heavy atom. The number of aromatic nitrogens is 2. The first-order valence-corrected chi connectivity index (χ1v) is 9.47. The lowest BCUT2D eigenvalue weighted by atomic mass is 10.0. The van der Waals surface area contributed by atoms with Gasteiger partial charge in [-0.25, -0.2) is 4.98 Å². The minimum absolute atomic E-state index is 0.944. The van der Waals surface area contributed by atoms with Crippen LogP contribution in [0.2, 0.25) is 0 Å². The lowest BCUT2D eigenvalue weighted by Gasteiger charge is -2.03. The van der Waals surface area contributed by atoms with Crippen LogP contribution >= 0.6 is 11.3 Å². The smallest absolute Gasteiger partial charge is 0.138 e. The summed E-state index contributed by atoms with van der Waals surface area (Å²) in [4.78, 5) is 7.87. The third-order valence-electron chi connectivity index (χ3n) is 5.08. The highest BCUT2D eigenvalue weighted by molar-refractivity contribution is 7.25. The van der Waals surface area contributed by atoms with Gasteiger partial charge < -0.3 is 4.98 Å². The summed E-state index contributed by atoms with van der Waals surface area (Å²) in [7, 11) is 0. The molecule has 6 rings (SSSR count). The molecule has 0 bridgehead atoms. The van der Waals surface area contributed by atoms with Crippen molar-refractivity contribution in [3.05, 3.63) is 79.0 Å². The van der Waals surface area contributed by atoms with E-state index >= 15 is 0 Å². The number of rotatable bonds is 1. The van der Waals surface area contributed by atoms with Crippen LogP contribution in [0.4, 0.5) is 0 Å². The van der Waals surface area contributed by atoms with E-state index in [9.17, 15) is 0 Å². The van der Waals surface area contributed by atoms with Crippen LogP contribution in [-0.2, 0) is 0 Å². The van der Waals surface area contributed by atoms with Gasteiger partial charge in [-0.3, -0.25) is 0 Å². The van der Waals surface area contributed by atoms with Crippen LogP contribution in [0.5, 0.6) is 0 Å². The van der Waals surface area contributed by atoms with Crippen molar-refractivity contribution in [2.75, 3.05) is 0 Å². The van der Waals surface area contributed by atoms with Gasteiger partial charge in [0.1, 0.15) is 5.65 Å². The highest BCUT2D eigenvalue weighted by atomic mass is 32.1. The predicted molar refractivity (Wildman–Crippen MR) is 112 cm³/mol. The van der Waals surface area contributed by atoms with E-state index in [1.54, 1.807) is 0 Å². The zero-order chi connectivity index (χ0) is 17.1. The third-order valence-corrected chi connectivity index (χ3v) is 6.22. The van der Waals surface area contributed by atoms with Crippen molar-refractivity contribution in [1.29, 1.82) is 0 Å². The molecule has 3 heterocycles. The van der Waals surface area contributed by atoms with E-state index in [0.717, 1.165) is 11.2 Å². The van der Waals surface area contributed by atoms with Gasteiger partial charge >= 0.3 is 0 Å². The van der Waals surface area contributed by atoms with Gasteiger partial charge in [-0.05, 0) is 41.5 Å². The molecule has 3 aromatic heterocycles. The van der Waals surface area contributed by atoms with Gasteiger partial charge in [-0.15, -0.1) is 11.3 Å². The Hall–Kier alpha value is -3.17. The van der Waals surface area contributed by atoms with Crippen molar-refractivity contribution >= 4 is 53.4 Å². The maximum atomic E-state index is 4.43. The summed E-state index contributed by atoms with van der Waals surface area (Å²) >= 11 is 1.86. The highest BCUT2D eigenvalue weighted by Crippen LogP contribution is 2.37. The highest BCUT2D eigenvalue weighted by Gasteiger charge is 2.09. The van der Waals surface area contributed by atoms with Crippen LogP contribution in [0.3, 0.4) is 0 Å². The maximum Gasteiger partial charge on any atom is 0.138 e. The molecule has 122 valence electrons. The molecular weight excluding hydrogens is 336 g/mol. The lowest BCUT2D eigenvalue weighted by molar-refractivity contribution is 1.35.